The van der Waals surface area contributed by atoms with Crippen LogP contribution in [0.15, 0.2) is 23.7 Å². The van der Waals surface area contributed by atoms with Gasteiger partial charge in [0.25, 0.3) is 0 Å². The van der Waals surface area contributed by atoms with Crippen LogP contribution >= 0.6 is 0 Å². The van der Waals surface area contributed by atoms with E-state index in [2.05, 4.69) is 0 Å². The Morgan fingerprint density at radius 1 is 0.812 bits per heavy atom. The third-order valence-corrected chi connectivity index (χ3v) is 0.813. The fourth-order valence-electron chi connectivity index (χ4n) is 0.572. The van der Waals surface area contributed by atoms with Crippen LogP contribution < -0.4 is 10.2 Å². The molecule has 0 aromatic carbocycles. The molecular formula is C10H16O5Zn. The second-order valence-corrected chi connectivity index (χ2v) is 2.73. The van der Waals surface area contributed by atoms with Gasteiger partial charge in [0.05, 0.1) is 0 Å². The standard InChI is InChI=1S/2C5H8O2.H2O.Zn/c2*1-4(6)3-5(2)7;;/h2*3,6H,1-2H3;1H2;/q;;;+2/p-2/b4-3+;4-3-;;. The van der Waals surface area contributed by atoms with Gasteiger partial charge in [0, 0.05) is 0 Å². The van der Waals surface area contributed by atoms with E-state index in [0.717, 1.165) is 12.2 Å². The molecule has 0 aromatic heterocycles. The van der Waals surface area contributed by atoms with E-state index in [9.17, 15) is 19.8 Å². The molecule has 0 bridgehead atoms. The van der Waals surface area contributed by atoms with Crippen molar-refractivity contribution >= 4 is 11.6 Å². The van der Waals surface area contributed by atoms with Crippen molar-refractivity contribution in [1.82, 2.24) is 0 Å². The molecule has 5 nitrogen and oxygen atoms in total. The van der Waals surface area contributed by atoms with Gasteiger partial charge in [-0.3, -0.25) is 9.59 Å². The van der Waals surface area contributed by atoms with Gasteiger partial charge in [-0.15, -0.1) is 11.5 Å². The number of hydrogen-bond acceptors (Lipinski definition) is 4. The monoisotopic (exact) mass is 280 g/mol. The summed E-state index contributed by atoms with van der Waals surface area (Å²) in [5, 5.41) is 20.0. The largest absolute Gasteiger partial charge is 2.00 e. The maximum absolute atomic E-state index is 9.98. The van der Waals surface area contributed by atoms with E-state index < -0.39 is 0 Å². The van der Waals surface area contributed by atoms with Crippen LogP contribution in [0.5, 0.6) is 0 Å². The van der Waals surface area contributed by atoms with Crippen LogP contribution in [0.4, 0.5) is 0 Å². The molecule has 0 spiro atoms. The van der Waals surface area contributed by atoms with Crippen molar-refractivity contribution in [3.05, 3.63) is 23.7 Å². The number of hydrogen-bond donors (Lipinski definition) is 0. The van der Waals surface area contributed by atoms with Gasteiger partial charge in [0.15, 0.2) is 11.6 Å². The molecule has 0 heterocycles. The molecule has 0 saturated heterocycles. The quantitative estimate of drug-likeness (QED) is 0.361. The van der Waals surface area contributed by atoms with Crippen molar-refractivity contribution in [2.45, 2.75) is 27.7 Å². The molecule has 0 amide bonds. The Hall–Kier alpha value is -0.997. The topological polar surface area (TPSA) is 112 Å². The normalized spacial score (nSPS) is 10.0. The summed E-state index contributed by atoms with van der Waals surface area (Å²) in [4.78, 5) is 20.0. The van der Waals surface area contributed by atoms with Crippen LogP contribution in [-0.2, 0) is 29.1 Å². The van der Waals surface area contributed by atoms with E-state index in [1.807, 2.05) is 0 Å². The maximum Gasteiger partial charge on any atom is 2.00 e. The van der Waals surface area contributed by atoms with Gasteiger partial charge in [-0.05, 0) is 26.0 Å². The molecule has 0 aromatic rings. The number of ketones is 2. The minimum absolute atomic E-state index is 0. The molecule has 2 N–H and O–H groups in total. The molecule has 0 saturated carbocycles. The van der Waals surface area contributed by atoms with Gasteiger partial charge in [-0.1, -0.05) is 13.8 Å². The molecule has 0 atom stereocenters. The average Bonchev–Trinajstić information content (AvgIpc) is 1.79. The predicted octanol–water partition coefficient (Wildman–Crippen LogP) is -1.15. The molecule has 0 radical (unpaired) electrons. The first kappa shape index (κ1) is 24.3. The first-order chi connectivity index (χ1) is 6.25. The van der Waals surface area contributed by atoms with Crippen molar-refractivity contribution in [2.24, 2.45) is 0 Å². The first-order valence-electron chi connectivity index (χ1n) is 3.97. The van der Waals surface area contributed by atoms with Crippen LogP contribution in [0.1, 0.15) is 27.7 Å². The molecule has 6 heteroatoms. The molecule has 0 fully saturated rings. The molecule has 0 rings (SSSR count). The van der Waals surface area contributed by atoms with E-state index in [1.165, 1.54) is 27.7 Å². The fraction of sp³-hybridized carbons (Fsp3) is 0.400. The molecule has 0 aliphatic carbocycles. The number of carbonyl (C=O) groups is 2. The van der Waals surface area contributed by atoms with Gasteiger partial charge < -0.3 is 15.7 Å². The Labute approximate surface area is 108 Å². The smallest absolute Gasteiger partial charge is 0.876 e. The van der Waals surface area contributed by atoms with Crippen molar-refractivity contribution in [2.75, 3.05) is 0 Å². The number of allylic oxidation sites excluding steroid dienone is 4. The molecular weight excluding hydrogens is 265 g/mol. The van der Waals surface area contributed by atoms with Gasteiger partial charge in [0.2, 0.25) is 0 Å². The zero-order valence-electron chi connectivity index (χ0n) is 9.99. The summed E-state index contributed by atoms with van der Waals surface area (Å²) >= 11 is 0. The molecule has 0 aliphatic heterocycles. The summed E-state index contributed by atoms with van der Waals surface area (Å²) in [6, 6.07) is 0. The van der Waals surface area contributed by atoms with Crippen LogP contribution in [-0.4, -0.2) is 17.0 Å². The van der Waals surface area contributed by atoms with Gasteiger partial charge in [0.1, 0.15) is 0 Å². The zero-order valence-corrected chi connectivity index (χ0v) is 13.0. The summed E-state index contributed by atoms with van der Waals surface area (Å²) in [7, 11) is 0. The van der Waals surface area contributed by atoms with Crippen LogP contribution in [0, 0.1) is 0 Å². The fourth-order valence-corrected chi connectivity index (χ4v) is 0.572. The zero-order chi connectivity index (χ0) is 11.7. The number of rotatable bonds is 2. The first-order valence-corrected chi connectivity index (χ1v) is 3.97. The Morgan fingerprint density at radius 2 is 1.00 bits per heavy atom. The summed E-state index contributed by atoms with van der Waals surface area (Å²) in [5.41, 5.74) is 0. The molecule has 0 unspecified atom stereocenters. The molecule has 88 valence electrons. The van der Waals surface area contributed by atoms with Gasteiger partial charge in [-0.2, -0.15) is 0 Å². The average molecular weight is 282 g/mol. The van der Waals surface area contributed by atoms with Crippen molar-refractivity contribution in [3.63, 3.8) is 0 Å². The Kier molecular flexibility index (Phi) is 21.3. The minimum Gasteiger partial charge on any atom is -0.876 e. The summed E-state index contributed by atoms with van der Waals surface area (Å²) < 4.78 is 0. The summed E-state index contributed by atoms with van der Waals surface area (Å²) in [6.07, 6.45) is 2.11. The summed E-state index contributed by atoms with van der Waals surface area (Å²) in [5.74, 6) is -0.750. The maximum atomic E-state index is 9.98. The number of carbonyl (C=O) groups excluding carboxylic acids is 2. The summed E-state index contributed by atoms with van der Waals surface area (Å²) in [6.45, 7) is 5.39. The minimum atomic E-state index is -0.187. The van der Waals surface area contributed by atoms with Crippen molar-refractivity contribution in [1.29, 1.82) is 0 Å². The second-order valence-electron chi connectivity index (χ2n) is 2.73. The van der Waals surface area contributed by atoms with Crippen LogP contribution in [0.2, 0.25) is 0 Å². The van der Waals surface area contributed by atoms with Crippen LogP contribution in [0.3, 0.4) is 0 Å². The SMILES string of the molecule is CC(=O)/C=C(/C)[O-].CC(=O)/C=C(\C)[O-].O.[Zn+2]. The second kappa shape index (κ2) is 14.0. The van der Waals surface area contributed by atoms with Crippen LogP contribution in [0.25, 0.3) is 0 Å². The van der Waals surface area contributed by atoms with Crippen molar-refractivity contribution in [3.8, 4) is 0 Å². The van der Waals surface area contributed by atoms with E-state index in [1.54, 1.807) is 0 Å². The van der Waals surface area contributed by atoms with Crippen molar-refractivity contribution < 1.29 is 44.8 Å². The van der Waals surface area contributed by atoms with E-state index >= 15 is 0 Å². The Balaban J connectivity index is -0.0000000800. The van der Waals surface area contributed by atoms with Gasteiger partial charge in [-0.25, -0.2) is 0 Å². The molecule has 16 heavy (non-hydrogen) atoms. The van der Waals surface area contributed by atoms with Gasteiger partial charge >= 0.3 is 19.5 Å². The predicted molar refractivity (Wildman–Crippen MR) is 52.5 cm³/mol. The van der Waals surface area contributed by atoms with E-state index in [0.29, 0.717) is 0 Å². The third kappa shape index (κ3) is 38.2. The third-order valence-electron chi connectivity index (χ3n) is 0.813. The van der Waals surface area contributed by atoms with E-state index in [4.69, 9.17) is 0 Å². The Bertz CT molecular complexity index is 232. The molecule has 0 aliphatic rings. The van der Waals surface area contributed by atoms with E-state index in [-0.39, 0.29) is 48.0 Å². The Morgan fingerprint density at radius 3 is 1.00 bits per heavy atom.